The second-order valence-electron chi connectivity index (χ2n) is 5.92. The van der Waals surface area contributed by atoms with Crippen molar-refractivity contribution < 1.29 is 4.79 Å². The van der Waals surface area contributed by atoms with E-state index in [1.807, 2.05) is 59.2 Å². The summed E-state index contributed by atoms with van der Waals surface area (Å²) in [7, 11) is 0. The minimum absolute atomic E-state index is 0.232. The van der Waals surface area contributed by atoms with E-state index in [4.69, 9.17) is 11.6 Å². The van der Waals surface area contributed by atoms with Gasteiger partial charge in [-0.15, -0.1) is 20.4 Å². The van der Waals surface area contributed by atoms with Crippen LogP contribution in [0.25, 0.3) is 5.69 Å². The minimum Gasteiger partial charge on any atom is -0.346 e. The minimum atomic E-state index is -0.232. The molecule has 0 bridgehead atoms. The van der Waals surface area contributed by atoms with Crippen molar-refractivity contribution >= 4 is 40.6 Å². The van der Waals surface area contributed by atoms with E-state index >= 15 is 0 Å². The second kappa shape index (κ2) is 9.17. The third kappa shape index (κ3) is 5.00. The van der Waals surface area contributed by atoms with E-state index in [0.717, 1.165) is 16.3 Å². The van der Waals surface area contributed by atoms with Gasteiger partial charge in [-0.2, -0.15) is 0 Å². The molecule has 2 aromatic carbocycles. The van der Waals surface area contributed by atoms with Gasteiger partial charge in [0.1, 0.15) is 11.3 Å². The summed E-state index contributed by atoms with van der Waals surface area (Å²) in [5, 5.41) is 21.5. The Kier molecular flexibility index (Phi) is 6.18. The molecule has 4 aromatic rings. The predicted molar refractivity (Wildman–Crippen MR) is 113 cm³/mol. The molecule has 0 aliphatic rings. The van der Waals surface area contributed by atoms with Crippen LogP contribution >= 0.6 is 34.7 Å². The van der Waals surface area contributed by atoms with Gasteiger partial charge in [-0.3, -0.25) is 9.36 Å². The van der Waals surface area contributed by atoms with Crippen LogP contribution in [-0.2, 0) is 12.3 Å². The van der Waals surface area contributed by atoms with Gasteiger partial charge in [0.15, 0.2) is 5.16 Å². The molecule has 0 aliphatic heterocycles. The molecule has 0 fully saturated rings. The van der Waals surface area contributed by atoms with Crippen LogP contribution in [0.1, 0.15) is 20.4 Å². The third-order valence-corrected chi connectivity index (χ3v) is 6.18. The number of halogens is 1. The Balaban J connectivity index is 1.37. The van der Waals surface area contributed by atoms with Crippen molar-refractivity contribution in [3.63, 3.8) is 0 Å². The van der Waals surface area contributed by atoms with Crippen molar-refractivity contribution in [2.75, 3.05) is 0 Å². The Morgan fingerprint density at radius 3 is 2.79 bits per heavy atom. The van der Waals surface area contributed by atoms with Gasteiger partial charge in [0.25, 0.3) is 5.91 Å². The van der Waals surface area contributed by atoms with Crippen LogP contribution < -0.4 is 5.32 Å². The zero-order valence-corrected chi connectivity index (χ0v) is 17.4. The SMILES string of the molecule is O=C(NCc1ccccc1)c1nnc(CSc2nncn2-c2cccc(Cl)c2)s1. The second-order valence-corrected chi connectivity index (χ2v) is 8.36. The highest BCUT2D eigenvalue weighted by molar-refractivity contribution is 7.98. The molecule has 2 aromatic heterocycles. The number of hydrogen-bond donors (Lipinski definition) is 1. The maximum Gasteiger partial charge on any atom is 0.282 e. The van der Waals surface area contributed by atoms with Gasteiger partial charge in [0.2, 0.25) is 5.01 Å². The van der Waals surface area contributed by atoms with Crippen LogP contribution in [0.5, 0.6) is 0 Å². The molecule has 1 N–H and O–H groups in total. The quantitative estimate of drug-likeness (QED) is 0.435. The van der Waals surface area contributed by atoms with Gasteiger partial charge in [-0.05, 0) is 23.8 Å². The normalized spacial score (nSPS) is 10.8. The van der Waals surface area contributed by atoms with Crippen molar-refractivity contribution in [1.29, 1.82) is 0 Å². The van der Waals surface area contributed by atoms with Gasteiger partial charge < -0.3 is 5.32 Å². The molecule has 146 valence electrons. The number of nitrogens with one attached hydrogen (secondary N) is 1. The monoisotopic (exact) mass is 442 g/mol. The van der Waals surface area contributed by atoms with Gasteiger partial charge in [0, 0.05) is 11.6 Å². The number of amides is 1. The molecule has 0 radical (unpaired) electrons. The highest BCUT2D eigenvalue weighted by atomic mass is 35.5. The maximum absolute atomic E-state index is 12.3. The number of benzene rings is 2. The topological polar surface area (TPSA) is 85.6 Å². The average molecular weight is 443 g/mol. The first-order valence-electron chi connectivity index (χ1n) is 8.62. The summed E-state index contributed by atoms with van der Waals surface area (Å²) >= 11 is 8.80. The fourth-order valence-electron chi connectivity index (χ4n) is 2.51. The molecule has 7 nitrogen and oxygen atoms in total. The summed E-state index contributed by atoms with van der Waals surface area (Å²) in [6.45, 7) is 0.450. The Morgan fingerprint density at radius 2 is 1.97 bits per heavy atom. The summed E-state index contributed by atoms with van der Waals surface area (Å²) in [6, 6.07) is 17.2. The van der Waals surface area contributed by atoms with Gasteiger partial charge in [-0.25, -0.2) is 0 Å². The highest BCUT2D eigenvalue weighted by Gasteiger charge is 2.14. The molecule has 0 aliphatic carbocycles. The van der Waals surface area contributed by atoms with Crippen LogP contribution in [0.15, 0.2) is 66.1 Å². The summed E-state index contributed by atoms with van der Waals surface area (Å²) in [4.78, 5) is 12.3. The molecule has 0 saturated heterocycles. The van der Waals surface area contributed by atoms with Crippen molar-refractivity contribution in [3.05, 3.63) is 81.5 Å². The number of hydrogen-bond acceptors (Lipinski definition) is 7. The molecule has 1 amide bonds. The first kappa shape index (κ1) is 19.6. The summed E-state index contributed by atoms with van der Waals surface area (Å²) in [6.07, 6.45) is 1.64. The molecule has 0 unspecified atom stereocenters. The van der Waals surface area contributed by atoms with Gasteiger partial charge in [0.05, 0.1) is 11.4 Å². The zero-order valence-electron chi connectivity index (χ0n) is 15.0. The van der Waals surface area contributed by atoms with E-state index in [9.17, 15) is 4.79 Å². The Hall–Kier alpha value is -2.75. The van der Waals surface area contributed by atoms with Crippen molar-refractivity contribution in [2.45, 2.75) is 17.5 Å². The van der Waals surface area contributed by atoms with Crippen LogP contribution in [0.2, 0.25) is 5.02 Å². The molecular formula is C19H15ClN6OS2. The first-order chi connectivity index (χ1) is 14.2. The highest BCUT2D eigenvalue weighted by Crippen LogP contribution is 2.25. The molecule has 0 spiro atoms. The number of nitrogens with zero attached hydrogens (tertiary/aromatic N) is 5. The molecule has 10 heteroatoms. The zero-order chi connectivity index (χ0) is 20.1. The lowest BCUT2D eigenvalue weighted by atomic mass is 10.2. The van der Waals surface area contributed by atoms with E-state index in [1.165, 1.54) is 23.1 Å². The number of thioether (sulfide) groups is 1. The van der Waals surface area contributed by atoms with Crippen LogP contribution in [0, 0.1) is 0 Å². The van der Waals surface area contributed by atoms with E-state index < -0.39 is 0 Å². The fraction of sp³-hybridized carbons (Fsp3) is 0.105. The first-order valence-corrected chi connectivity index (χ1v) is 10.8. The largest absolute Gasteiger partial charge is 0.346 e. The molecular weight excluding hydrogens is 428 g/mol. The molecule has 4 rings (SSSR count). The van der Waals surface area contributed by atoms with Crippen LogP contribution in [0.4, 0.5) is 0 Å². The number of aromatic nitrogens is 5. The number of carbonyl (C=O) groups is 1. The Morgan fingerprint density at radius 1 is 1.10 bits per heavy atom. The van der Waals surface area contributed by atoms with E-state index in [-0.39, 0.29) is 5.91 Å². The van der Waals surface area contributed by atoms with E-state index in [2.05, 4.69) is 25.7 Å². The molecule has 2 heterocycles. The van der Waals surface area contributed by atoms with Crippen LogP contribution in [0.3, 0.4) is 0 Å². The van der Waals surface area contributed by atoms with E-state index in [1.54, 1.807) is 6.33 Å². The van der Waals surface area contributed by atoms with Gasteiger partial charge in [-0.1, -0.05) is 71.1 Å². The number of rotatable bonds is 7. The molecule has 0 atom stereocenters. The molecule has 0 saturated carbocycles. The Labute approximate surface area is 180 Å². The third-order valence-electron chi connectivity index (χ3n) is 3.88. The van der Waals surface area contributed by atoms with E-state index in [0.29, 0.717) is 27.5 Å². The lowest BCUT2D eigenvalue weighted by Crippen LogP contribution is -2.22. The maximum atomic E-state index is 12.3. The van der Waals surface area contributed by atoms with Crippen LogP contribution in [-0.4, -0.2) is 30.9 Å². The van der Waals surface area contributed by atoms with Gasteiger partial charge >= 0.3 is 0 Å². The Bertz CT molecular complexity index is 1110. The fourth-order valence-corrected chi connectivity index (χ4v) is 4.36. The average Bonchev–Trinajstić information content (AvgIpc) is 3.41. The number of carbonyl (C=O) groups excluding carboxylic acids is 1. The van der Waals surface area contributed by atoms with Crippen molar-refractivity contribution in [1.82, 2.24) is 30.3 Å². The van der Waals surface area contributed by atoms with Crippen molar-refractivity contribution in [2.24, 2.45) is 0 Å². The molecule has 29 heavy (non-hydrogen) atoms. The summed E-state index contributed by atoms with van der Waals surface area (Å²) < 4.78 is 1.85. The lowest BCUT2D eigenvalue weighted by molar-refractivity contribution is 0.0950. The smallest absolute Gasteiger partial charge is 0.282 e. The standard InChI is InChI=1S/C19H15ClN6OS2/c20-14-7-4-8-15(9-14)26-12-22-25-19(26)28-11-16-23-24-18(29-16)17(27)21-10-13-5-2-1-3-6-13/h1-9,12H,10-11H2,(H,21,27). The summed E-state index contributed by atoms with van der Waals surface area (Å²) in [5.74, 6) is 0.299. The summed E-state index contributed by atoms with van der Waals surface area (Å²) in [5.41, 5.74) is 1.91. The van der Waals surface area contributed by atoms with Crippen molar-refractivity contribution in [3.8, 4) is 5.69 Å². The lowest BCUT2D eigenvalue weighted by Gasteiger charge is -2.05. The predicted octanol–water partition coefficient (Wildman–Crippen LogP) is 3.99.